The summed E-state index contributed by atoms with van der Waals surface area (Å²) in [5, 5.41) is 8.85. The van der Waals surface area contributed by atoms with Crippen LogP contribution in [0.4, 0.5) is 0 Å². The van der Waals surface area contributed by atoms with Gasteiger partial charge in [-0.2, -0.15) is 0 Å². The number of hydrogen-bond acceptors (Lipinski definition) is 2. The first-order chi connectivity index (χ1) is 5.75. The first-order valence-electron chi connectivity index (χ1n) is 4.05. The van der Waals surface area contributed by atoms with Gasteiger partial charge in [0.25, 0.3) is 0 Å². The van der Waals surface area contributed by atoms with Crippen molar-refractivity contribution in [3.05, 3.63) is 12.4 Å². The average Bonchev–Trinajstić information content (AvgIpc) is 2.51. The minimum Gasteiger partial charge on any atom is -1.00 e. The van der Waals surface area contributed by atoms with Crippen molar-refractivity contribution in [3.8, 4) is 0 Å². The zero-order valence-corrected chi connectivity index (χ0v) is 8.16. The van der Waals surface area contributed by atoms with E-state index in [4.69, 9.17) is 5.11 Å². The zero-order chi connectivity index (χ0) is 8.97. The van der Waals surface area contributed by atoms with Gasteiger partial charge in [0.05, 0.1) is 6.20 Å². The van der Waals surface area contributed by atoms with Crippen molar-refractivity contribution in [2.24, 2.45) is 4.99 Å². The highest BCUT2D eigenvalue weighted by molar-refractivity contribution is 5.73. The van der Waals surface area contributed by atoms with Crippen molar-refractivity contribution < 1.29 is 27.2 Å². The van der Waals surface area contributed by atoms with Gasteiger partial charge >= 0.3 is 5.97 Å². The number of rotatable bonds is 4. The molecular formula is C8H13ClN2O2. The standard InChI is InChI=1S/C8H12N2O2.ClH/c1-2-3-7(8(11)12)10-5-4-9-6-10;/h4-7H,2-3H2,1H3,(H,11,12);1H. The van der Waals surface area contributed by atoms with Crippen LogP contribution in [-0.4, -0.2) is 23.5 Å². The predicted octanol–water partition coefficient (Wildman–Crippen LogP) is -3.36. The van der Waals surface area contributed by atoms with E-state index in [9.17, 15) is 4.79 Å². The third-order valence-corrected chi connectivity index (χ3v) is 1.85. The van der Waals surface area contributed by atoms with E-state index in [1.165, 1.54) is 0 Å². The Morgan fingerprint density at radius 1 is 1.69 bits per heavy atom. The molecule has 0 bridgehead atoms. The Bertz CT molecular complexity index is 216. The lowest BCUT2D eigenvalue weighted by atomic mass is 10.1. The van der Waals surface area contributed by atoms with Crippen molar-refractivity contribution >= 4 is 12.3 Å². The number of hydrogen-bond donors (Lipinski definition) is 2. The molecule has 1 aliphatic heterocycles. The molecule has 0 radical (unpaired) electrons. The first kappa shape index (κ1) is 12.1. The molecule has 13 heavy (non-hydrogen) atoms. The van der Waals surface area contributed by atoms with Gasteiger partial charge in [0.1, 0.15) is 6.20 Å². The second-order valence-electron chi connectivity index (χ2n) is 2.77. The van der Waals surface area contributed by atoms with E-state index >= 15 is 0 Å². The van der Waals surface area contributed by atoms with E-state index in [0.717, 1.165) is 11.3 Å². The van der Waals surface area contributed by atoms with E-state index in [1.807, 2.05) is 6.92 Å². The van der Waals surface area contributed by atoms with Crippen molar-refractivity contribution in [2.75, 3.05) is 0 Å². The molecule has 4 nitrogen and oxygen atoms in total. The fourth-order valence-electron chi connectivity index (χ4n) is 1.23. The van der Waals surface area contributed by atoms with Gasteiger partial charge in [-0.1, -0.05) is 6.92 Å². The smallest absolute Gasteiger partial charge is 0.363 e. The van der Waals surface area contributed by atoms with Crippen LogP contribution in [0, 0.1) is 0 Å². The van der Waals surface area contributed by atoms with Crippen LogP contribution in [0.5, 0.6) is 0 Å². The third kappa shape index (κ3) is 3.16. The molecule has 1 aliphatic rings. The Labute approximate surface area is 83.4 Å². The highest BCUT2D eigenvalue weighted by Gasteiger charge is 2.27. The second kappa shape index (κ2) is 5.72. The van der Waals surface area contributed by atoms with E-state index in [-0.39, 0.29) is 18.4 Å². The summed E-state index contributed by atoms with van der Waals surface area (Å²) >= 11 is 0. The SMILES string of the molecule is CCCC(C(=O)O)[NH+]1C=CN=C1.[Cl-]. The summed E-state index contributed by atoms with van der Waals surface area (Å²) in [5.74, 6) is -0.759. The highest BCUT2D eigenvalue weighted by Crippen LogP contribution is 1.93. The van der Waals surface area contributed by atoms with Gasteiger partial charge in [-0.15, -0.1) is 0 Å². The maximum atomic E-state index is 10.8. The molecule has 5 heteroatoms. The number of nitrogens with one attached hydrogen (secondary N) is 1. The predicted molar refractivity (Wildman–Crippen MR) is 44.9 cm³/mol. The Morgan fingerprint density at radius 2 is 2.38 bits per heavy atom. The maximum absolute atomic E-state index is 10.8. The molecule has 2 N–H and O–H groups in total. The van der Waals surface area contributed by atoms with Crippen LogP contribution >= 0.6 is 0 Å². The van der Waals surface area contributed by atoms with Crippen LogP contribution in [0.2, 0.25) is 0 Å². The largest absolute Gasteiger partial charge is 1.00 e. The molecule has 0 aromatic carbocycles. The van der Waals surface area contributed by atoms with Gasteiger partial charge in [0.15, 0.2) is 12.4 Å². The molecular weight excluding hydrogens is 192 g/mol. The van der Waals surface area contributed by atoms with Crippen LogP contribution in [0.1, 0.15) is 19.8 Å². The number of carbonyl (C=O) groups is 1. The van der Waals surface area contributed by atoms with Crippen LogP contribution in [0.15, 0.2) is 17.4 Å². The van der Waals surface area contributed by atoms with Crippen LogP contribution in [0.3, 0.4) is 0 Å². The second-order valence-corrected chi connectivity index (χ2v) is 2.77. The number of aliphatic carboxylic acids is 1. The Kier molecular flexibility index (Phi) is 5.34. The molecule has 0 spiro atoms. The van der Waals surface area contributed by atoms with Gasteiger partial charge in [0.2, 0.25) is 0 Å². The summed E-state index contributed by atoms with van der Waals surface area (Å²) in [6, 6.07) is -0.377. The van der Waals surface area contributed by atoms with Crippen LogP contribution < -0.4 is 17.3 Å². The van der Waals surface area contributed by atoms with Gasteiger partial charge in [-0.05, 0) is 6.42 Å². The normalized spacial score (nSPS) is 21.2. The number of halogens is 1. The quantitative estimate of drug-likeness (QED) is 0.503. The number of carboxylic acids is 1. The Balaban J connectivity index is 0.00000144. The summed E-state index contributed by atoms with van der Waals surface area (Å²) < 4.78 is 0. The lowest BCUT2D eigenvalue weighted by molar-refractivity contribution is -0.758. The number of quaternary nitrogens is 1. The fourth-order valence-corrected chi connectivity index (χ4v) is 1.23. The van der Waals surface area contributed by atoms with E-state index in [2.05, 4.69) is 4.99 Å². The summed E-state index contributed by atoms with van der Waals surface area (Å²) in [7, 11) is 0. The minimum absolute atomic E-state index is 0. The molecule has 2 atom stereocenters. The van der Waals surface area contributed by atoms with E-state index in [1.54, 1.807) is 18.7 Å². The Hall–Kier alpha value is -0.870. The van der Waals surface area contributed by atoms with Crippen molar-refractivity contribution in [2.45, 2.75) is 25.8 Å². The lowest BCUT2D eigenvalue weighted by Gasteiger charge is -2.13. The summed E-state index contributed by atoms with van der Waals surface area (Å²) in [6.07, 6.45) is 6.56. The molecule has 0 saturated heterocycles. The van der Waals surface area contributed by atoms with Crippen molar-refractivity contribution in [1.82, 2.24) is 0 Å². The van der Waals surface area contributed by atoms with Crippen LogP contribution in [-0.2, 0) is 4.79 Å². The lowest BCUT2D eigenvalue weighted by Crippen LogP contribution is -3.11. The molecule has 0 amide bonds. The van der Waals surface area contributed by atoms with Crippen molar-refractivity contribution in [1.29, 1.82) is 0 Å². The number of nitrogens with zero attached hydrogens (tertiary/aromatic N) is 1. The molecule has 74 valence electrons. The number of carboxylic acid groups (broad SMARTS) is 1. The summed E-state index contributed by atoms with van der Waals surface area (Å²) in [4.78, 5) is 15.4. The highest BCUT2D eigenvalue weighted by atomic mass is 35.5. The summed E-state index contributed by atoms with van der Waals surface area (Å²) in [5.41, 5.74) is 0. The molecule has 0 aromatic heterocycles. The number of aliphatic imine (C=N–C) groups is 1. The first-order valence-corrected chi connectivity index (χ1v) is 4.05. The maximum Gasteiger partial charge on any atom is 0.363 e. The van der Waals surface area contributed by atoms with Crippen molar-refractivity contribution in [3.63, 3.8) is 0 Å². The topological polar surface area (TPSA) is 54.1 Å². The van der Waals surface area contributed by atoms with Crippen LogP contribution in [0.25, 0.3) is 0 Å². The third-order valence-electron chi connectivity index (χ3n) is 1.85. The molecule has 1 heterocycles. The molecule has 2 unspecified atom stereocenters. The van der Waals surface area contributed by atoms with Gasteiger partial charge in [-0.3, -0.25) is 4.90 Å². The monoisotopic (exact) mass is 204 g/mol. The van der Waals surface area contributed by atoms with E-state index in [0.29, 0.717) is 6.42 Å². The zero-order valence-electron chi connectivity index (χ0n) is 7.40. The fraction of sp³-hybridized carbons (Fsp3) is 0.500. The van der Waals surface area contributed by atoms with E-state index < -0.39 is 5.97 Å². The van der Waals surface area contributed by atoms with Gasteiger partial charge in [-0.25, -0.2) is 9.79 Å². The summed E-state index contributed by atoms with van der Waals surface area (Å²) in [6.45, 7) is 1.98. The molecule has 0 aliphatic carbocycles. The minimum atomic E-state index is -0.759. The molecule has 0 aromatic rings. The Morgan fingerprint density at radius 3 is 2.77 bits per heavy atom. The molecule has 0 fully saturated rings. The van der Waals surface area contributed by atoms with Gasteiger partial charge in [0, 0.05) is 6.42 Å². The van der Waals surface area contributed by atoms with Gasteiger partial charge < -0.3 is 17.5 Å². The molecule has 0 saturated carbocycles. The average molecular weight is 205 g/mol. The molecule has 1 rings (SSSR count).